The van der Waals surface area contributed by atoms with Crippen molar-refractivity contribution in [3.63, 3.8) is 0 Å². The first-order valence-corrected chi connectivity index (χ1v) is 6.92. The normalized spacial score (nSPS) is 11.1. The first-order valence-electron chi connectivity index (χ1n) is 6.92. The average molecular weight is 260 g/mol. The van der Waals surface area contributed by atoms with Crippen LogP contribution in [0.15, 0.2) is 0 Å². The minimum atomic E-state index is -0.745. The van der Waals surface area contributed by atoms with Crippen LogP contribution in [0.25, 0.3) is 0 Å². The van der Waals surface area contributed by atoms with Crippen molar-refractivity contribution in [1.29, 1.82) is 0 Å². The van der Waals surface area contributed by atoms with Gasteiger partial charge in [-0.2, -0.15) is 0 Å². The third-order valence-corrected chi connectivity index (χ3v) is 2.47. The molecule has 0 aliphatic rings. The molecule has 0 radical (unpaired) electrons. The molecular weight excluding hydrogens is 232 g/mol. The van der Waals surface area contributed by atoms with Gasteiger partial charge in [0.15, 0.2) is 0 Å². The van der Waals surface area contributed by atoms with E-state index in [9.17, 15) is 9.59 Å². The third-order valence-electron chi connectivity index (χ3n) is 2.47. The Morgan fingerprint density at radius 1 is 1.06 bits per heavy atom. The van der Waals surface area contributed by atoms with E-state index in [0.29, 0.717) is 6.42 Å². The van der Waals surface area contributed by atoms with Gasteiger partial charge in [-0.05, 0) is 19.3 Å². The summed E-state index contributed by atoms with van der Waals surface area (Å²) in [4.78, 5) is 20.4. The van der Waals surface area contributed by atoms with E-state index in [1.807, 2.05) is 6.92 Å². The molecule has 0 heterocycles. The van der Waals surface area contributed by atoms with Crippen molar-refractivity contribution < 1.29 is 19.4 Å². The molecule has 0 saturated heterocycles. The molecular formula is C14H28O4. The lowest BCUT2D eigenvalue weighted by Crippen LogP contribution is -2.16. The molecule has 0 rings (SSSR count). The van der Waals surface area contributed by atoms with Gasteiger partial charge in [-0.3, -0.25) is 9.59 Å². The van der Waals surface area contributed by atoms with Gasteiger partial charge >= 0.3 is 11.9 Å². The molecule has 0 aromatic rings. The molecule has 0 aromatic heterocycles. The summed E-state index contributed by atoms with van der Waals surface area (Å²) in [5, 5.41) is 7.72. The number of hydrogen-bond donors (Lipinski definition) is 1. The molecule has 0 bridgehead atoms. The fourth-order valence-electron chi connectivity index (χ4n) is 1.24. The van der Waals surface area contributed by atoms with E-state index in [1.54, 1.807) is 6.92 Å². The Morgan fingerprint density at radius 2 is 1.61 bits per heavy atom. The summed E-state index contributed by atoms with van der Waals surface area (Å²) < 4.78 is 5.26. The zero-order valence-corrected chi connectivity index (χ0v) is 12.2. The number of aliphatic carboxylic acids is 1. The molecule has 0 aromatic carbocycles. The van der Waals surface area contributed by atoms with E-state index >= 15 is 0 Å². The number of ether oxygens (including phenoxy) is 1. The quantitative estimate of drug-likeness (QED) is 0.533. The number of carbonyl (C=O) groups excluding carboxylic acids is 1. The molecule has 4 nitrogen and oxygen atoms in total. The second kappa shape index (κ2) is 14.0. The maximum atomic E-state index is 11.0. The van der Waals surface area contributed by atoms with Gasteiger partial charge < -0.3 is 9.84 Å². The predicted molar refractivity (Wildman–Crippen MR) is 72.5 cm³/mol. The Bertz CT molecular complexity index is 214. The van der Waals surface area contributed by atoms with Gasteiger partial charge in [0, 0.05) is 12.8 Å². The van der Waals surface area contributed by atoms with Gasteiger partial charge in [0.25, 0.3) is 0 Å². The second-order valence-corrected chi connectivity index (χ2v) is 4.12. The lowest BCUT2D eigenvalue weighted by molar-refractivity contribution is -0.149. The van der Waals surface area contributed by atoms with Crippen molar-refractivity contribution in [2.45, 2.75) is 78.7 Å². The van der Waals surface area contributed by atoms with Crippen LogP contribution in [0.4, 0.5) is 0 Å². The maximum absolute atomic E-state index is 11.0. The highest BCUT2D eigenvalue weighted by atomic mass is 16.5. The Kier molecular flexibility index (Phi) is 15.0. The van der Waals surface area contributed by atoms with Crippen molar-refractivity contribution >= 4 is 11.9 Å². The summed E-state index contributed by atoms with van der Waals surface area (Å²) >= 11 is 0. The summed E-state index contributed by atoms with van der Waals surface area (Å²) in [6.45, 7) is 7.68. The Labute approximate surface area is 111 Å². The highest BCUT2D eigenvalue weighted by Gasteiger charge is 2.09. The highest BCUT2D eigenvalue weighted by Crippen LogP contribution is 2.10. The van der Waals surface area contributed by atoms with Gasteiger partial charge in [-0.25, -0.2) is 0 Å². The zero-order chi connectivity index (χ0) is 14.4. The molecule has 0 fully saturated rings. The molecule has 0 aliphatic carbocycles. The van der Waals surface area contributed by atoms with Crippen LogP contribution in [0.2, 0.25) is 0 Å². The topological polar surface area (TPSA) is 63.6 Å². The summed E-state index contributed by atoms with van der Waals surface area (Å²) in [6.07, 6.45) is 6.46. The molecule has 1 N–H and O–H groups in total. The van der Waals surface area contributed by atoms with Crippen LogP contribution in [0.3, 0.4) is 0 Å². The average Bonchev–Trinajstić information content (AvgIpc) is 2.38. The minimum Gasteiger partial charge on any atom is -0.481 e. The van der Waals surface area contributed by atoms with Gasteiger partial charge in [-0.1, -0.05) is 40.5 Å². The van der Waals surface area contributed by atoms with E-state index in [0.717, 1.165) is 12.8 Å². The van der Waals surface area contributed by atoms with E-state index in [2.05, 4.69) is 13.8 Å². The molecule has 0 saturated carbocycles. The largest absolute Gasteiger partial charge is 0.481 e. The number of carboxylic acid groups (broad SMARTS) is 1. The van der Waals surface area contributed by atoms with Crippen LogP contribution in [0, 0.1) is 0 Å². The molecule has 0 amide bonds. The molecule has 108 valence electrons. The zero-order valence-electron chi connectivity index (χ0n) is 12.2. The van der Waals surface area contributed by atoms with E-state index in [-0.39, 0.29) is 18.5 Å². The van der Waals surface area contributed by atoms with Crippen LogP contribution in [0.1, 0.15) is 72.6 Å². The van der Waals surface area contributed by atoms with E-state index < -0.39 is 5.97 Å². The Hall–Kier alpha value is -1.06. The summed E-state index contributed by atoms with van der Waals surface area (Å²) in [6, 6.07) is 0. The number of carbonyl (C=O) groups is 2. The predicted octanol–water partition coefficient (Wildman–Crippen LogP) is 3.78. The number of esters is 1. The van der Waals surface area contributed by atoms with Crippen LogP contribution in [-0.4, -0.2) is 23.1 Å². The molecule has 0 aliphatic heterocycles. The van der Waals surface area contributed by atoms with Gasteiger partial charge in [0.05, 0.1) is 0 Å². The number of rotatable bonds is 8. The number of hydrogen-bond acceptors (Lipinski definition) is 3. The van der Waals surface area contributed by atoms with Gasteiger partial charge in [0.2, 0.25) is 0 Å². The molecule has 4 heteroatoms. The third kappa shape index (κ3) is 14.9. The summed E-state index contributed by atoms with van der Waals surface area (Å²) in [7, 11) is 0. The first kappa shape index (κ1) is 19.3. The van der Waals surface area contributed by atoms with E-state index in [1.165, 1.54) is 19.3 Å². The monoisotopic (exact) mass is 260 g/mol. The Morgan fingerprint density at radius 3 is 1.94 bits per heavy atom. The number of carboxylic acids is 1. The van der Waals surface area contributed by atoms with Gasteiger partial charge in [-0.15, -0.1) is 0 Å². The van der Waals surface area contributed by atoms with Crippen molar-refractivity contribution in [3.05, 3.63) is 0 Å². The SMILES string of the molecule is CCC(=O)O.CCCCCC(CC)OC(=O)CC. The second-order valence-electron chi connectivity index (χ2n) is 4.12. The minimum absolute atomic E-state index is 0.0663. The molecule has 1 unspecified atom stereocenters. The van der Waals surface area contributed by atoms with Crippen LogP contribution < -0.4 is 0 Å². The Balaban J connectivity index is 0. The lowest BCUT2D eigenvalue weighted by atomic mass is 10.1. The fraction of sp³-hybridized carbons (Fsp3) is 0.857. The highest BCUT2D eigenvalue weighted by molar-refractivity contribution is 5.69. The number of unbranched alkanes of at least 4 members (excludes halogenated alkanes) is 2. The van der Waals surface area contributed by atoms with Crippen molar-refractivity contribution in [1.82, 2.24) is 0 Å². The fourth-order valence-corrected chi connectivity index (χ4v) is 1.24. The van der Waals surface area contributed by atoms with Crippen LogP contribution in [0.5, 0.6) is 0 Å². The van der Waals surface area contributed by atoms with Crippen LogP contribution in [-0.2, 0) is 14.3 Å². The maximum Gasteiger partial charge on any atom is 0.305 e. The molecule has 0 spiro atoms. The van der Waals surface area contributed by atoms with Gasteiger partial charge in [0.1, 0.15) is 6.10 Å². The summed E-state index contributed by atoms with van der Waals surface area (Å²) in [5.41, 5.74) is 0. The van der Waals surface area contributed by atoms with Crippen molar-refractivity contribution in [2.24, 2.45) is 0 Å². The van der Waals surface area contributed by atoms with Crippen LogP contribution >= 0.6 is 0 Å². The smallest absolute Gasteiger partial charge is 0.305 e. The first-order chi connectivity index (χ1) is 8.51. The lowest BCUT2D eigenvalue weighted by Gasteiger charge is -2.15. The van der Waals surface area contributed by atoms with Crippen molar-refractivity contribution in [2.75, 3.05) is 0 Å². The summed E-state index contributed by atoms with van der Waals surface area (Å²) in [5.74, 6) is -0.812. The van der Waals surface area contributed by atoms with Crippen molar-refractivity contribution in [3.8, 4) is 0 Å². The molecule has 1 atom stereocenters. The van der Waals surface area contributed by atoms with E-state index in [4.69, 9.17) is 9.84 Å². The standard InChI is InChI=1S/C11H22O2.C3H6O2/c1-4-7-8-9-10(5-2)13-11(12)6-3;1-2-3(4)5/h10H,4-9H2,1-3H3;2H2,1H3,(H,4,5). The molecule has 18 heavy (non-hydrogen) atoms.